The van der Waals surface area contributed by atoms with Gasteiger partial charge in [0.2, 0.25) is 0 Å². The second-order valence-corrected chi connectivity index (χ2v) is 5.53. The van der Waals surface area contributed by atoms with Gasteiger partial charge >= 0.3 is 0 Å². The summed E-state index contributed by atoms with van der Waals surface area (Å²) in [7, 11) is 0. The third kappa shape index (κ3) is 2.36. The highest BCUT2D eigenvalue weighted by atomic mass is 16.3. The van der Waals surface area contributed by atoms with Gasteiger partial charge in [0.15, 0.2) is 5.65 Å². The third-order valence-corrected chi connectivity index (χ3v) is 4.18. The maximum Gasteiger partial charge on any atom is 0.272 e. The Morgan fingerprint density at radius 3 is 3.15 bits per heavy atom. The highest BCUT2D eigenvalue weighted by Crippen LogP contribution is 2.24. The first-order valence-electron chi connectivity index (χ1n) is 7.11. The second kappa shape index (κ2) is 5.38. The van der Waals surface area contributed by atoms with E-state index in [4.69, 9.17) is 0 Å². The van der Waals surface area contributed by atoms with Gasteiger partial charge in [0, 0.05) is 37.0 Å². The molecule has 1 saturated heterocycles. The predicted molar refractivity (Wildman–Crippen MR) is 75.5 cm³/mol. The number of nitrogens with zero attached hydrogens (tertiary/aromatic N) is 3. The number of piperidine rings is 1. The van der Waals surface area contributed by atoms with E-state index in [1.807, 2.05) is 0 Å². The van der Waals surface area contributed by atoms with Gasteiger partial charge in [-0.05, 0) is 19.8 Å². The van der Waals surface area contributed by atoms with E-state index >= 15 is 0 Å². The Hall–Kier alpha value is -1.66. The Bertz CT molecular complexity index is 648. The lowest BCUT2D eigenvalue weighted by Crippen LogP contribution is -2.46. The van der Waals surface area contributed by atoms with Gasteiger partial charge in [0.25, 0.3) is 5.56 Å². The molecule has 0 aromatic carbocycles. The van der Waals surface area contributed by atoms with E-state index in [0.717, 1.165) is 25.0 Å². The van der Waals surface area contributed by atoms with Gasteiger partial charge in [-0.2, -0.15) is 0 Å². The van der Waals surface area contributed by atoms with Gasteiger partial charge in [-0.25, -0.2) is 9.50 Å². The average molecular weight is 276 g/mol. The van der Waals surface area contributed by atoms with E-state index in [0.29, 0.717) is 18.2 Å². The van der Waals surface area contributed by atoms with Crippen molar-refractivity contribution in [2.75, 3.05) is 6.61 Å². The van der Waals surface area contributed by atoms with Crippen LogP contribution in [0.3, 0.4) is 0 Å². The standard InChI is InChI=1S/C14H20N4O2/c1-10-3-2-4-12(9-19)17(10)8-11-7-14(20)18-13(16-11)5-6-15-18/h5-7,10,12,15,19H,2-4,8-9H2,1H3. The molecule has 1 aliphatic rings. The maximum absolute atomic E-state index is 12.0. The molecule has 2 aromatic rings. The molecule has 108 valence electrons. The fraction of sp³-hybridized carbons (Fsp3) is 0.571. The molecular formula is C14H20N4O2. The summed E-state index contributed by atoms with van der Waals surface area (Å²) in [5.74, 6) is 0. The lowest BCUT2D eigenvalue weighted by molar-refractivity contribution is 0.0442. The second-order valence-electron chi connectivity index (χ2n) is 5.53. The Balaban J connectivity index is 1.89. The molecule has 6 heteroatoms. The molecule has 1 aliphatic heterocycles. The zero-order valence-corrected chi connectivity index (χ0v) is 11.6. The molecule has 3 rings (SSSR count). The number of aromatic nitrogens is 3. The van der Waals surface area contributed by atoms with E-state index in [-0.39, 0.29) is 18.2 Å². The monoisotopic (exact) mass is 276 g/mol. The van der Waals surface area contributed by atoms with Crippen molar-refractivity contribution in [3.05, 3.63) is 34.4 Å². The van der Waals surface area contributed by atoms with Gasteiger partial charge in [-0.3, -0.25) is 14.8 Å². The predicted octanol–water partition coefficient (Wildman–Crippen LogP) is 0.758. The van der Waals surface area contributed by atoms with Crippen LogP contribution in [0.1, 0.15) is 31.9 Å². The van der Waals surface area contributed by atoms with Crippen LogP contribution in [-0.4, -0.2) is 43.3 Å². The molecular weight excluding hydrogens is 256 g/mol. The van der Waals surface area contributed by atoms with Gasteiger partial charge in [0.1, 0.15) is 0 Å². The molecule has 20 heavy (non-hydrogen) atoms. The van der Waals surface area contributed by atoms with Crippen molar-refractivity contribution in [3.63, 3.8) is 0 Å². The van der Waals surface area contributed by atoms with Crippen LogP contribution >= 0.6 is 0 Å². The molecule has 0 amide bonds. The summed E-state index contributed by atoms with van der Waals surface area (Å²) in [6.45, 7) is 2.95. The summed E-state index contributed by atoms with van der Waals surface area (Å²) in [5.41, 5.74) is 1.31. The summed E-state index contributed by atoms with van der Waals surface area (Å²) >= 11 is 0. The minimum absolute atomic E-state index is 0.0970. The quantitative estimate of drug-likeness (QED) is 0.868. The molecule has 3 heterocycles. The van der Waals surface area contributed by atoms with E-state index in [1.54, 1.807) is 18.3 Å². The van der Waals surface area contributed by atoms with E-state index in [9.17, 15) is 9.90 Å². The number of aliphatic hydroxyl groups is 1. The molecule has 0 radical (unpaired) electrons. The maximum atomic E-state index is 12.0. The number of nitrogens with one attached hydrogen (secondary N) is 1. The summed E-state index contributed by atoms with van der Waals surface area (Å²) < 4.78 is 1.42. The van der Waals surface area contributed by atoms with Crippen LogP contribution in [-0.2, 0) is 6.54 Å². The SMILES string of the molecule is CC1CCCC(CO)N1Cc1cc(=O)n2[nH]ccc2n1. The van der Waals surface area contributed by atoms with Crippen molar-refractivity contribution in [3.8, 4) is 0 Å². The number of aromatic amines is 1. The lowest BCUT2D eigenvalue weighted by atomic mass is 9.96. The summed E-state index contributed by atoms with van der Waals surface area (Å²) in [6.07, 6.45) is 4.98. The van der Waals surface area contributed by atoms with Crippen LogP contribution in [0.15, 0.2) is 23.1 Å². The highest BCUT2D eigenvalue weighted by Gasteiger charge is 2.27. The zero-order valence-electron chi connectivity index (χ0n) is 11.6. The highest BCUT2D eigenvalue weighted by molar-refractivity contribution is 5.36. The van der Waals surface area contributed by atoms with Crippen molar-refractivity contribution in [2.45, 2.75) is 44.8 Å². The van der Waals surface area contributed by atoms with Crippen LogP contribution < -0.4 is 5.56 Å². The topological polar surface area (TPSA) is 73.6 Å². The molecule has 6 nitrogen and oxygen atoms in total. The molecule has 2 unspecified atom stereocenters. The fourth-order valence-corrected chi connectivity index (χ4v) is 3.07. The Morgan fingerprint density at radius 2 is 2.35 bits per heavy atom. The first-order chi connectivity index (χ1) is 9.69. The average Bonchev–Trinajstić information content (AvgIpc) is 2.90. The van der Waals surface area contributed by atoms with Crippen LogP contribution in [0.2, 0.25) is 0 Å². The molecule has 2 atom stereocenters. The number of hydrogen-bond acceptors (Lipinski definition) is 4. The normalized spacial score (nSPS) is 24.3. The summed E-state index contributed by atoms with van der Waals surface area (Å²) in [4.78, 5) is 18.7. The molecule has 1 fully saturated rings. The van der Waals surface area contributed by atoms with E-state index in [2.05, 4.69) is 21.9 Å². The van der Waals surface area contributed by atoms with Crippen LogP contribution in [0, 0.1) is 0 Å². The third-order valence-electron chi connectivity index (χ3n) is 4.18. The number of H-pyrrole nitrogens is 1. The first kappa shape index (κ1) is 13.3. The Labute approximate surface area is 117 Å². The lowest BCUT2D eigenvalue weighted by Gasteiger charge is -2.39. The molecule has 0 bridgehead atoms. The van der Waals surface area contributed by atoms with Crippen LogP contribution in [0.25, 0.3) is 5.65 Å². The number of rotatable bonds is 3. The first-order valence-corrected chi connectivity index (χ1v) is 7.11. The van der Waals surface area contributed by atoms with Gasteiger partial charge in [0.05, 0.1) is 12.3 Å². The van der Waals surface area contributed by atoms with E-state index in [1.165, 1.54) is 4.52 Å². The summed E-state index contributed by atoms with van der Waals surface area (Å²) in [6, 6.07) is 3.94. The Kier molecular flexibility index (Phi) is 3.58. The Morgan fingerprint density at radius 1 is 1.50 bits per heavy atom. The minimum Gasteiger partial charge on any atom is -0.395 e. The van der Waals surface area contributed by atoms with Crippen molar-refractivity contribution in [1.82, 2.24) is 19.5 Å². The molecule has 0 aliphatic carbocycles. The number of hydrogen-bond donors (Lipinski definition) is 2. The number of aliphatic hydroxyl groups excluding tert-OH is 1. The van der Waals surface area contributed by atoms with Gasteiger partial charge in [-0.1, -0.05) is 6.42 Å². The van der Waals surface area contributed by atoms with E-state index < -0.39 is 0 Å². The van der Waals surface area contributed by atoms with Crippen molar-refractivity contribution < 1.29 is 5.11 Å². The zero-order chi connectivity index (χ0) is 14.1. The largest absolute Gasteiger partial charge is 0.395 e. The van der Waals surface area contributed by atoms with Gasteiger partial charge in [-0.15, -0.1) is 0 Å². The van der Waals surface area contributed by atoms with Gasteiger partial charge < -0.3 is 5.11 Å². The van der Waals surface area contributed by atoms with Crippen LogP contribution in [0.5, 0.6) is 0 Å². The summed E-state index contributed by atoms with van der Waals surface area (Å²) in [5, 5.41) is 12.4. The fourth-order valence-electron chi connectivity index (χ4n) is 3.07. The van der Waals surface area contributed by atoms with Crippen molar-refractivity contribution >= 4 is 5.65 Å². The van der Waals surface area contributed by atoms with Crippen LogP contribution in [0.4, 0.5) is 0 Å². The van der Waals surface area contributed by atoms with Crippen molar-refractivity contribution in [1.29, 1.82) is 0 Å². The number of fused-ring (bicyclic) bond motifs is 1. The van der Waals surface area contributed by atoms with Crippen molar-refractivity contribution in [2.24, 2.45) is 0 Å². The minimum atomic E-state index is -0.0970. The molecule has 2 aromatic heterocycles. The molecule has 0 spiro atoms. The smallest absolute Gasteiger partial charge is 0.272 e. The number of likely N-dealkylation sites (tertiary alicyclic amines) is 1. The molecule has 2 N–H and O–H groups in total. The molecule has 0 saturated carbocycles.